The Morgan fingerprint density at radius 2 is 1.90 bits per heavy atom. The Balaban J connectivity index is 0. The average Bonchev–Trinajstić information content (AvgIpc) is 1.93. The highest BCUT2D eigenvalue weighted by Gasteiger charge is 2.00. The van der Waals surface area contributed by atoms with Gasteiger partial charge in [-0.15, -0.1) is 0 Å². The third-order valence-corrected chi connectivity index (χ3v) is 0.825. The number of nitrogens with zero attached hydrogens (tertiary/aromatic N) is 1. The van der Waals surface area contributed by atoms with Gasteiger partial charge in [-0.2, -0.15) is 0 Å². The lowest BCUT2D eigenvalue weighted by Crippen LogP contribution is -2.21. The minimum Gasteiger partial charge on any atom is -0.286 e. The van der Waals surface area contributed by atoms with E-state index in [1.807, 2.05) is 20.8 Å². The molecule has 0 fully saturated rings. The molecule has 0 aromatic heterocycles. The molecule has 0 saturated carbocycles. The molecule has 62 valence electrons. The third-order valence-electron chi connectivity index (χ3n) is 0.825. The summed E-state index contributed by atoms with van der Waals surface area (Å²) >= 11 is 0. The molecule has 0 saturated heterocycles. The third kappa shape index (κ3) is 7.43. The number of rotatable bonds is 2. The lowest BCUT2D eigenvalue weighted by Gasteiger charge is -2.05. The first-order chi connectivity index (χ1) is 4.68. The fourth-order valence-electron chi connectivity index (χ4n) is 0.376. The van der Waals surface area contributed by atoms with E-state index in [1.165, 1.54) is 7.05 Å². The van der Waals surface area contributed by atoms with Crippen LogP contribution in [0.2, 0.25) is 0 Å². The summed E-state index contributed by atoms with van der Waals surface area (Å²) in [6.07, 6.45) is 1.21. The van der Waals surface area contributed by atoms with Crippen LogP contribution in [0.4, 0.5) is 0 Å². The predicted molar refractivity (Wildman–Crippen MR) is 40.8 cm³/mol. The molecule has 1 N–H and O–H groups in total. The molecule has 0 atom stereocenters. The topological polar surface area (TPSA) is 40.5 Å². The Morgan fingerprint density at radius 1 is 1.50 bits per heavy atom. The molecule has 0 radical (unpaired) electrons. The molecule has 0 aromatic rings. The van der Waals surface area contributed by atoms with E-state index in [0.717, 1.165) is 6.42 Å². The first kappa shape index (κ1) is 12.1. The van der Waals surface area contributed by atoms with E-state index < -0.39 is 0 Å². The van der Waals surface area contributed by atoms with E-state index in [1.54, 1.807) is 0 Å². The van der Waals surface area contributed by atoms with Gasteiger partial charge in [0, 0.05) is 13.5 Å². The highest BCUT2D eigenvalue weighted by Crippen LogP contribution is 1.89. The largest absolute Gasteiger partial charge is 0.286 e. The monoisotopic (exact) mass is 147 g/mol. The van der Waals surface area contributed by atoms with E-state index in [2.05, 4.69) is 0 Å². The lowest BCUT2D eigenvalue weighted by molar-refractivity contribution is -0.159. The van der Waals surface area contributed by atoms with Crippen LogP contribution in [-0.4, -0.2) is 23.2 Å². The van der Waals surface area contributed by atoms with Crippen molar-refractivity contribution in [1.29, 1.82) is 0 Å². The summed E-state index contributed by atoms with van der Waals surface area (Å²) in [7, 11) is 1.33. The van der Waals surface area contributed by atoms with Gasteiger partial charge in [0.05, 0.1) is 0 Å². The van der Waals surface area contributed by atoms with Crippen LogP contribution in [0, 0.1) is 0 Å². The fourth-order valence-corrected chi connectivity index (χ4v) is 0.376. The predicted octanol–water partition coefficient (Wildman–Crippen LogP) is 1.66. The fraction of sp³-hybridized carbons (Fsp3) is 0.857. The first-order valence-corrected chi connectivity index (χ1v) is 3.64. The molecular weight excluding hydrogens is 130 g/mol. The molecule has 3 heteroatoms. The summed E-state index contributed by atoms with van der Waals surface area (Å²) in [5.74, 6) is -0.229. The van der Waals surface area contributed by atoms with Crippen molar-refractivity contribution < 1.29 is 10.0 Å². The summed E-state index contributed by atoms with van der Waals surface area (Å²) in [6, 6.07) is 0. The number of carbonyl (C=O) groups excluding carboxylic acids is 1. The summed E-state index contributed by atoms with van der Waals surface area (Å²) in [6.45, 7) is 5.89. The van der Waals surface area contributed by atoms with Crippen LogP contribution in [0.5, 0.6) is 0 Å². The van der Waals surface area contributed by atoms with Crippen LogP contribution in [0.1, 0.15) is 33.6 Å². The van der Waals surface area contributed by atoms with E-state index in [4.69, 9.17) is 5.21 Å². The molecule has 1 amide bonds. The zero-order chi connectivity index (χ0) is 8.57. The standard InChI is InChI=1S/C5H11NO2.C2H6/c1-3-4-5(7)6(2)8;1-2/h8H,3-4H2,1-2H3;1-2H3. The summed E-state index contributed by atoms with van der Waals surface area (Å²) in [4.78, 5) is 10.4. The molecule has 0 heterocycles. The Morgan fingerprint density at radius 3 is 2.00 bits per heavy atom. The second kappa shape index (κ2) is 8.43. The summed E-state index contributed by atoms with van der Waals surface area (Å²) in [5, 5.41) is 9.05. The average molecular weight is 147 g/mol. The number of amides is 1. The van der Waals surface area contributed by atoms with Crippen molar-refractivity contribution in [3.63, 3.8) is 0 Å². The van der Waals surface area contributed by atoms with E-state index in [0.29, 0.717) is 11.5 Å². The first-order valence-electron chi connectivity index (χ1n) is 3.64. The van der Waals surface area contributed by atoms with Gasteiger partial charge in [-0.1, -0.05) is 20.8 Å². The smallest absolute Gasteiger partial charge is 0.245 e. The summed E-state index contributed by atoms with van der Waals surface area (Å²) < 4.78 is 0. The Hall–Kier alpha value is -0.570. The van der Waals surface area contributed by atoms with Gasteiger partial charge in [-0.05, 0) is 6.42 Å². The molecule has 0 rings (SSSR count). The molecule has 0 aliphatic heterocycles. The van der Waals surface area contributed by atoms with Crippen molar-refractivity contribution in [2.75, 3.05) is 7.05 Å². The van der Waals surface area contributed by atoms with Crippen LogP contribution in [0.15, 0.2) is 0 Å². The molecule has 0 bridgehead atoms. The van der Waals surface area contributed by atoms with Gasteiger partial charge in [0.1, 0.15) is 0 Å². The van der Waals surface area contributed by atoms with Gasteiger partial charge in [0.15, 0.2) is 0 Å². The zero-order valence-corrected chi connectivity index (χ0v) is 7.22. The summed E-state index contributed by atoms with van der Waals surface area (Å²) in [5.41, 5.74) is 0. The van der Waals surface area contributed by atoms with E-state index in [-0.39, 0.29) is 5.91 Å². The van der Waals surface area contributed by atoms with Gasteiger partial charge < -0.3 is 0 Å². The van der Waals surface area contributed by atoms with Crippen molar-refractivity contribution in [2.24, 2.45) is 0 Å². The number of hydrogen-bond donors (Lipinski definition) is 1. The SMILES string of the molecule is CC.CCCC(=O)N(C)O. The van der Waals surface area contributed by atoms with Crippen molar-refractivity contribution in [3.05, 3.63) is 0 Å². The van der Waals surface area contributed by atoms with Gasteiger partial charge in [-0.3, -0.25) is 10.0 Å². The molecule has 0 aliphatic carbocycles. The van der Waals surface area contributed by atoms with Crippen molar-refractivity contribution in [3.8, 4) is 0 Å². The molecule has 10 heavy (non-hydrogen) atoms. The van der Waals surface area contributed by atoms with Gasteiger partial charge >= 0.3 is 0 Å². The van der Waals surface area contributed by atoms with Crippen molar-refractivity contribution >= 4 is 5.91 Å². The highest BCUT2D eigenvalue weighted by atomic mass is 16.5. The molecule has 0 aliphatic rings. The Kier molecular flexibility index (Phi) is 10.2. The Bertz CT molecular complexity index is 81.7. The zero-order valence-electron chi connectivity index (χ0n) is 7.22. The Labute approximate surface area is 62.6 Å². The second-order valence-corrected chi connectivity index (χ2v) is 1.67. The van der Waals surface area contributed by atoms with Crippen molar-refractivity contribution in [1.82, 2.24) is 5.06 Å². The minimum atomic E-state index is -0.229. The van der Waals surface area contributed by atoms with Crippen molar-refractivity contribution in [2.45, 2.75) is 33.6 Å². The van der Waals surface area contributed by atoms with E-state index in [9.17, 15) is 4.79 Å². The quantitative estimate of drug-likeness (QED) is 0.476. The lowest BCUT2D eigenvalue weighted by atomic mass is 10.3. The van der Waals surface area contributed by atoms with Crippen LogP contribution >= 0.6 is 0 Å². The number of hydroxylamine groups is 2. The molecule has 0 aromatic carbocycles. The molecule has 3 nitrogen and oxygen atoms in total. The molecular formula is C7H17NO2. The maximum atomic E-state index is 10.4. The molecule has 0 spiro atoms. The van der Waals surface area contributed by atoms with Gasteiger partial charge in [0.25, 0.3) is 0 Å². The van der Waals surface area contributed by atoms with Gasteiger partial charge in [0.2, 0.25) is 5.91 Å². The van der Waals surface area contributed by atoms with Crippen LogP contribution < -0.4 is 0 Å². The van der Waals surface area contributed by atoms with Gasteiger partial charge in [-0.25, -0.2) is 5.06 Å². The maximum absolute atomic E-state index is 10.4. The second-order valence-electron chi connectivity index (χ2n) is 1.67. The maximum Gasteiger partial charge on any atom is 0.245 e. The number of carbonyl (C=O) groups is 1. The van der Waals surface area contributed by atoms with E-state index >= 15 is 0 Å². The number of hydrogen-bond acceptors (Lipinski definition) is 2. The minimum absolute atomic E-state index is 0.229. The normalized spacial score (nSPS) is 7.70. The van der Waals surface area contributed by atoms with Crippen LogP contribution in [0.25, 0.3) is 0 Å². The molecule has 0 unspecified atom stereocenters. The highest BCUT2D eigenvalue weighted by molar-refractivity contribution is 5.74. The van der Waals surface area contributed by atoms with Crippen LogP contribution in [-0.2, 0) is 4.79 Å². The van der Waals surface area contributed by atoms with Crippen LogP contribution in [0.3, 0.4) is 0 Å².